The molecule has 19 heavy (non-hydrogen) atoms. The van der Waals surface area contributed by atoms with E-state index in [0.717, 1.165) is 6.42 Å². The Bertz CT molecular complexity index is 493. The van der Waals surface area contributed by atoms with Gasteiger partial charge in [-0.3, -0.25) is 14.9 Å². The Kier molecular flexibility index (Phi) is 5.44. The number of benzene rings is 1. The molecule has 0 unspecified atom stereocenters. The van der Waals surface area contributed by atoms with Crippen molar-refractivity contribution in [1.29, 1.82) is 0 Å². The molecule has 104 valence electrons. The lowest BCUT2D eigenvalue weighted by Gasteiger charge is -2.17. The van der Waals surface area contributed by atoms with Crippen LogP contribution in [0.25, 0.3) is 0 Å². The molecule has 0 aliphatic rings. The molecule has 1 aromatic carbocycles. The number of nitro benzene ring substituents is 1. The molecule has 0 aliphatic carbocycles. The normalized spacial score (nSPS) is 13.7. The molecule has 0 radical (unpaired) electrons. The summed E-state index contributed by atoms with van der Waals surface area (Å²) in [5.74, 6) is -0.408. The van der Waals surface area contributed by atoms with Crippen LogP contribution in [0.4, 0.5) is 11.4 Å². The molecule has 0 aliphatic heterocycles. The van der Waals surface area contributed by atoms with Crippen LogP contribution in [0.5, 0.6) is 0 Å². The van der Waals surface area contributed by atoms with Crippen LogP contribution in [0.1, 0.15) is 20.3 Å². The SMILES string of the molecule is CC[C@H](C)[C@H](N)C(=O)Nc1ccc(Br)cc1[N+](=O)[O-]. The predicted molar refractivity (Wildman–Crippen MR) is 76.9 cm³/mol. The summed E-state index contributed by atoms with van der Waals surface area (Å²) < 4.78 is 0.573. The van der Waals surface area contributed by atoms with E-state index in [2.05, 4.69) is 21.2 Å². The van der Waals surface area contributed by atoms with Crippen molar-refractivity contribution in [3.8, 4) is 0 Å². The molecule has 0 spiro atoms. The first-order valence-electron chi connectivity index (χ1n) is 5.87. The number of halogens is 1. The minimum atomic E-state index is -0.687. The van der Waals surface area contributed by atoms with Gasteiger partial charge in [-0.1, -0.05) is 36.2 Å². The molecule has 1 aromatic rings. The van der Waals surface area contributed by atoms with Gasteiger partial charge >= 0.3 is 0 Å². The number of carbonyl (C=O) groups is 1. The summed E-state index contributed by atoms with van der Waals surface area (Å²) >= 11 is 3.15. The smallest absolute Gasteiger partial charge is 0.293 e. The summed E-state index contributed by atoms with van der Waals surface area (Å²) in [5, 5.41) is 13.4. The minimum absolute atomic E-state index is 0.00880. The van der Waals surface area contributed by atoms with Crippen molar-refractivity contribution in [3.05, 3.63) is 32.8 Å². The van der Waals surface area contributed by atoms with Crippen molar-refractivity contribution in [2.45, 2.75) is 26.3 Å². The fourth-order valence-corrected chi connectivity index (χ4v) is 1.84. The second-order valence-electron chi connectivity index (χ2n) is 4.32. The Labute approximate surface area is 119 Å². The summed E-state index contributed by atoms with van der Waals surface area (Å²) in [6, 6.07) is 3.75. The van der Waals surface area contributed by atoms with Gasteiger partial charge in [-0.05, 0) is 18.1 Å². The lowest BCUT2D eigenvalue weighted by Crippen LogP contribution is -2.40. The van der Waals surface area contributed by atoms with Gasteiger partial charge in [0.2, 0.25) is 5.91 Å². The number of hydrogen-bond donors (Lipinski definition) is 2. The Hall–Kier alpha value is -1.47. The van der Waals surface area contributed by atoms with E-state index < -0.39 is 16.9 Å². The maximum Gasteiger partial charge on any atom is 0.293 e. The molecule has 1 amide bonds. The number of nitrogens with one attached hydrogen (secondary N) is 1. The summed E-state index contributed by atoms with van der Waals surface area (Å²) in [6.07, 6.45) is 0.761. The zero-order valence-corrected chi connectivity index (χ0v) is 12.3. The van der Waals surface area contributed by atoms with E-state index >= 15 is 0 Å². The van der Waals surface area contributed by atoms with Crippen molar-refractivity contribution in [3.63, 3.8) is 0 Å². The predicted octanol–water partition coefficient (Wildman–Crippen LogP) is 2.67. The fraction of sp³-hybridized carbons (Fsp3) is 0.417. The first-order chi connectivity index (χ1) is 8.86. The summed E-state index contributed by atoms with van der Waals surface area (Å²) in [5.41, 5.74) is 5.77. The highest BCUT2D eigenvalue weighted by Crippen LogP contribution is 2.28. The molecule has 0 bridgehead atoms. The van der Waals surface area contributed by atoms with E-state index in [1.807, 2.05) is 13.8 Å². The third kappa shape index (κ3) is 4.00. The van der Waals surface area contributed by atoms with Gasteiger partial charge < -0.3 is 11.1 Å². The quantitative estimate of drug-likeness (QED) is 0.640. The van der Waals surface area contributed by atoms with Gasteiger partial charge in [-0.15, -0.1) is 0 Å². The van der Waals surface area contributed by atoms with E-state index in [-0.39, 0.29) is 17.3 Å². The van der Waals surface area contributed by atoms with Crippen LogP contribution in [0.3, 0.4) is 0 Å². The second-order valence-corrected chi connectivity index (χ2v) is 5.23. The molecular formula is C12H16BrN3O3. The van der Waals surface area contributed by atoms with Crippen molar-refractivity contribution in [1.82, 2.24) is 0 Å². The van der Waals surface area contributed by atoms with Crippen molar-refractivity contribution >= 4 is 33.2 Å². The van der Waals surface area contributed by atoms with E-state index in [9.17, 15) is 14.9 Å². The van der Waals surface area contributed by atoms with Crippen LogP contribution >= 0.6 is 15.9 Å². The third-order valence-corrected chi connectivity index (χ3v) is 3.47. The molecule has 0 aromatic heterocycles. The van der Waals surface area contributed by atoms with Crippen molar-refractivity contribution in [2.24, 2.45) is 11.7 Å². The lowest BCUT2D eigenvalue weighted by molar-refractivity contribution is -0.384. The molecule has 3 N–H and O–H groups in total. The first-order valence-corrected chi connectivity index (χ1v) is 6.66. The molecule has 0 saturated heterocycles. The highest BCUT2D eigenvalue weighted by Gasteiger charge is 2.22. The highest BCUT2D eigenvalue weighted by molar-refractivity contribution is 9.10. The summed E-state index contributed by atoms with van der Waals surface area (Å²) in [7, 11) is 0. The molecular weight excluding hydrogens is 314 g/mol. The lowest BCUT2D eigenvalue weighted by atomic mass is 9.99. The highest BCUT2D eigenvalue weighted by atomic mass is 79.9. The molecule has 6 nitrogen and oxygen atoms in total. The average Bonchev–Trinajstić information content (AvgIpc) is 2.38. The summed E-state index contributed by atoms with van der Waals surface area (Å²) in [4.78, 5) is 22.3. The van der Waals surface area contributed by atoms with Gasteiger partial charge in [0.25, 0.3) is 5.69 Å². The largest absolute Gasteiger partial charge is 0.320 e. The average molecular weight is 330 g/mol. The van der Waals surface area contributed by atoms with E-state index in [0.29, 0.717) is 4.47 Å². The van der Waals surface area contributed by atoms with Gasteiger partial charge in [0.05, 0.1) is 11.0 Å². The maximum atomic E-state index is 11.9. The topological polar surface area (TPSA) is 98.3 Å². The van der Waals surface area contributed by atoms with E-state index in [1.165, 1.54) is 12.1 Å². The van der Waals surface area contributed by atoms with Gasteiger partial charge in [-0.25, -0.2) is 0 Å². The zero-order valence-electron chi connectivity index (χ0n) is 10.7. The zero-order chi connectivity index (χ0) is 14.6. The molecule has 0 saturated carbocycles. The van der Waals surface area contributed by atoms with E-state index in [1.54, 1.807) is 6.07 Å². The first kappa shape index (κ1) is 15.6. The number of nitrogens with zero attached hydrogens (tertiary/aromatic N) is 1. The molecule has 1 rings (SSSR count). The fourth-order valence-electron chi connectivity index (χ4n) is 1.49. The van der Waals surface area contributed by atoms with Crippen molar-refractivity contribution in [2.75, 3.05) is 5.32 Å². The number of nitro groups is 1. The number of rotatable bonds is 5. The van der Waals surface area contributed by atoms with Crippen molar-refractivity contribution < 1.29 is 9.72 Å². The monoisotopic (exact) mass is 329 g/mol. The van der Waals surface area contributed by atoms with Gasteiger partial charge in [0.1, 0.15) is 5.69 Å². The van der Waals surface area contributed by atoms with Crippen LogP contribution in [0.2, 0.25) is 0 Å². The van der Waals surface area contributed by atoms with Gasteiger partial charge in [0, 0.05) is 10.5 Å². The third-order valence-electron chi connectivity index (χ3n) is 2.97. The van der Waals surface area contributed by atoms with Gasteiger partial charge in [0.15, 0.2) is 0 Å². The molecule has 7 heteroatoms. The molecule has 2 atom stereocenters. The van der Waals surface area contributed by atoms with E-state index in [4.69, 9.17) is 5.73 Å². The van der Waals surface area contributed by atoms with Crippen LogP contribution in [0, 0.1) is 16.0 Å². The number of nitrogens with two attached hydrogens (primary N) is 1. The number of carbonyl (C=O) groups excluding carboxylic acids is 1. The van der Waals surface area contributed by atoms with Crippen LogP contribution in [-0.4, -0.2) is 16.9 Å². The number of amides is 1. The molecule has 0 fully saturated rings. The maximum absolute atomic E-state index is 11.9. The van der Waals surface area contributed by atoms with Crippen LogP contribution in [0.15, 0.2) is 22.7 Å². The minimum Gasteiger partial charge on any atom is -0.320 e. The van der Waals surface area contributed by atoms with Crippen LogP contribution < -0.4 is 11.1 Å². The Morgan fingerprint density at radius 2 is 2.21 bits per heavy atom. The summed E-state index contributed by atoms with van der Waals surface area (Å²) in [6.45, 7) is 3.79. The standard InChI is InChI=1S/C12H16BrN3O3/c1-3-7(2)11(14)12(17)15-9-5-4-8(13)6-10(9)16(18)19/h4-7,11H,3,14H2,1-2H3,(H,15,17)/t7-,11-/m0/s1. The van der Waals surface area contributed by atoms with Crippen LogP contribution in [-0.2, 0) is 4.79 Å². The Morgan fingerprint density at radius 3 is 2.74 bits per heavy atom. The molecule has 0 heterocycles. The Balaban J connectivity index is 2.94. The Morgan fingerprint density at radius 1 is 1.58 bits per heavy atom. The number of hydrogen-bond acceptors (Lipinski definition) is 4. The second kappa shape index (κ2) is 6.63. The van der Waals surface area contributed by atoms with Gasteiger partial charge in [-0.2, -0.15) is 0 Å². The number of anilines is 1.